The van der Waals surface area contributed by atoms with E-state index >= 15 is 0 Å². The van der Waals surface area contributed by atoms with Gasteiger partial charge in [-0.1, -0.05) is 23.3 Å². The lowest BCUT2D eigenvalue weighted by molar-refractivity contribution is -0.137. The maximum absolute atomic E-state index is 10.6. The van der Waals surface area contributed by atoms with Gasteiger partial charge >= 0.3 is 5.97 Å². The van der Waals surface area contributed by atoms with Gasteiger partial charge in [0.15, 0.2) is 0 Å². The van der Waals surface area contributed by atoms with Crippen LogP contribution in [-0.4, -0.2) is 68.9 Å². The Kier molecular flexibility index (Phi) is 4.29. The average Bonchev–Trinajstić information content (AvgIpc) is 3.04. The van der Waals surface area contributed by atoms with Gasteiger partial charge in [0.05, 0.1) is 12.1 Å². The fraction of sp³-hybridized carbons (Fsp3) is 0.429. The third-order valence-electron chi connectivity index (χ3n) is 3.75. The van der Waals surface area contributed by atoms with E-state index in [-0.39, 0.29) is 6.42 Å². The van der Waals surface area contributed by atoms with Gasteiger partial charge in [0.25, 0.3) is 0 Å². The molecule has 0 aliphatic carbocycles. The molecule has 1 saturated heterocycles. The minimum atomic E-state index is -0.754. The van der Waals surface area contributed by atoms with Crippen molar-refractivity contribution in [2.75, 3.05) is 37.6 Å². The summed E-state index contributed by atoms with van der Waals surface area (Å²) < 4.78 is 1.73. The molecule has 22 heavy (non-hydrogen) atoms. The van der Waals surface area contributed by atoms with Crippen LogP contribution in [0.3, 0.4) is 0 Å². The van der Waals surface area contributed by atoms with E-state index < -0.39 is 5.97 Å². The van der Waals surface area contributed by atoms with Crippen molar-refractivity contribution in [3.05, 3.63) is 30.3 Å². The monoisotopic (exact) mass is 302 g/mol. The zero-order chi connectivity index (χ0) is 15.4. The molecule has 1 fully saturated rings. The highest BCUT2D eigenvalue weighted by Gasteiger charge is 2.22. The number of rotatable bonds is 5. The summed E-state index contributed by atoms with van der Waals surface area (Å²) >= 11 is 0. The van der Waals surface area contributed by atoms with Crippen LogP contribution in [0, 0.1) is 0 Å². The van der Waals surface area contributed by atoms with Crippen LogP contribution < -0.4 is 4.90 Å². The summed E-state index contributed by atoms with van der Waals surface area (Å²) in [6.07, 6.45) is 0.182. The second-order valence-electron chi connectivity index (χ2n) is 5.20. The predicted octanol–water partition coefficient (Wildman–Crippen LogP) is 0.259. The second-order valence-corrected chi connectivity index (χ2v) is 5.20. The normalized spacial score (nSPS) is 15.9. The van der Waals surface area contributed by atoms with Crippen molar-refractivity contribution in [3.8, 4) is 5.69 Å². The van der Waals surface area contributed by atoms with Crippen molar-refractivity contribution in [2.45, 2.75) is 6.42 Å². The zero-order valence-electron chi connectivity index (χ0n) is 12.2. The summed E-state index contributed by atoms with van der Waals surface area (Å²) in [6.45, 7) is 3.79. The molecule has 1 aromatic carbocycles. The molecule has 0 unspecified atom stereocenters. The molecule has 0 bridgehead atoms. The van der Waals surface area contributed by atoms with Gasteiger partial charge in [0, 0.05) is 32.7 Å². The minimum Gasteiger partial charge on any atom is -0.481 e. The molecule has 2 heterocycles. The molecule has 116 valence electrons. The maximum atomic E-state index is 10.6. The van der Waals surface area contributed by atoms with Crippen molar-refractivity contribution in [1.82, 2.24) is 25.1 Å². The van der Waals surface area contributed by atoms with Crippen LogP contribution in [0.4, 0.5) is 5.95 Å². The van der Waals surface area contributed by atoms with Gasteiger partial charge in [-0.15, -0.1) is 0 Å². The standard InChI is InChI=1S/C14H18N6O2/c21-13(22)6-7-18-8-10-19(11-9-18)14-15-16-17-20(14)12-4-2-1-3-5-12/h1-5H,6-11H2,(H,21,22). The number of carboxylic acids is 1. The Labute approximate surface area is 127 Å². The van der Waals surface area contributed by atoms with Crippen LogP contribution in [-0.2, 0) is 4.79 Å². The molecule has 1 aliphatic heterocycles. The molecule has 1 aromatic heterocycles. The van der Waals surface area contributed by atoms with Crippen LogP contribution in [0.5, 0.6) is 0 Å². The number of piperazine rings is 1. The zero-order valence-corrected chi connectivity index (χ0v) is 12.2. The molecule has 8 heteroatoms. The number of hydrogen-bond acceptors (Lipinski definition) is 6. The second kappa shape index (κ2) is 6.52. The molecule has 0 radical (unpaired) electrons. The molecule has 0 spiro atoms. The van der Waals surface area contributed by atoms with Gasteiger partial charge < -0.3 is 10.0 Å². The maximum Gasteiger partial charge on any atom is 0.304 e. The number of carboxylic acid groups (broad SMARTS) is 1. The first-order chi connectivity index (χ1) is 10.7. The third-order valence-corrected chi connectivity index (χ3v) is 3.75. The molecule has 0 atom stereocenters. The Bertz CT molecular complexity index is 621. The van der Waals surface area contributed by atoms with E-state index in [1.54, 1.807) is 4.68 Å². The summed E-state index contributed by atoms with van der Waals surface area (Å²) in [5.41, 5.74) is 0.927. The van der Waals surface area contributed by atoms with Gasteiger partial charge in [0.1, 0.15) is 0 Å². The number of aliphatic carboxylic acids is 1. The minimum absolute atomic E-state index is 0.182. The molecule has 1 N–H and O–H groups in total. The fourth-order valence-corrected chi connectivity index (χ4v) is 2.54. The Balaban J connectivity index is 1.65. The van der Waals surface area contributed by atoms with Gasteiger partial charge in [-0.3, -0.25) is 9.69 Å². The lowest BCUT2D eigenvalue weighted by Gasteiger charge is -2.34. The molecule has 1 aliphatic rings. The summed E-state index contributed by atoms with van der Waals surface area (Å²) in [5.74, 6) is -0.0282. The first kappa shape index (κ1) is 14.5. The van der Waals surface area contributed by atoms with Crippen molar-refractivity contribution < 1.29 is 9.90 Å². The highest BCUT2D eigenvalue weighted by Crippen LogP contribution is 2.16. The largest absolute Gasteiger partial charge is 0.481 e. The summed E-state index contributed by atoms with van der Waals surface area (Å²) in [5, 5.41) is 20.7. The molecule has 0 amide bonds. The van der Waals surface area contributed by atoms with Gasteiger partial charge in [-0.25, -0.2) is 0 Å². The number of benzene rings is 1. The molecular formula is C14H18N6O2. The number of anilines is 1. The van der Waals surface area contributed by atoms with Crippen LogP contribution in [0.15, 0.2) is 30.3 Å². The molecule has 8 nitrogen and oxygen atoms in total. The number of hydrogen-bond donors (Lipinski definition) is 1. The van der Waals surface area contributed by atoms with Crippen LogP contribution in [0.1, 0.15) is 6.42 Å². The van der Waals surface area contributed by atoms with Crippen molar-refractivity contribution in [2.24, 2.45) is 0 Å². The fourth-order valence-electron chi connectivity index (χ4n) is 2.54. The molecule has 0 saturated carbocycles. The highest BCUT2D eigenvalue weighted by atomic mass is 16.4. The molecular weight excluding hydrogens is 284 g/mol. The van der Waals surface area contributed by atoms with E-state index in [4.69, 9.17) is 5.11 Å². The van der Waals surface area contributed by atoms with Crippen LogP contribution in [0.2, 0.25) is 0 Å². The Morgan fingerprint density at radius 3 is 2.55 bits per heavy atom. The van der Waals surface area contributed by atoms with Crippen molar-refractivity contribution in [3.63, 3.8) is 0 Å². The average molecular weight is 302 g/mol. The first-order valence-electron chi connectivity index (χ1n) is 7.27. The van der Waals surface area contributed by atoms with Gasteiger partial charge in [-0.2, -0.15) is 4.68 Å². The molecule has 2 aromatic rings. The predicted molar refractivity (Wildman–Crippen MR) is 80.1 cm³/mol. The van der Waals surface area contributed by atoms with E-state index in [0.29, 0.717) is 6.54 Å². The van der Waals surface area contributed by atoms with Gasteiger partial charge in [0.2, 0.25) is 5.95 Å². The van der Waals surface area contributed by atoms with E-state index in [9.17, 15) is 4.79 Å². The number of nitrogens with zero attached hydrogens (tertiary/aromatic N) is 6. The Morgan fingerprint density at radius 1 is 1.14 bits per heavy atom. The number of carbonyl (C=O) groups is 1. The van der Waals surface area contributed by atoms with Crippen molar-refractivity contribution >= 4 is 11.9 Å². The van der Waals surface area contributed by atoms with Crippen molar-refractivity contribution in [1.29, 1.82) is 0 Å². The summed E-state index contributed by atoms with van der Waals surface area (Å²) in [6, 6.07) is 9.77. The molecule has 3 rings (SSSR count). The van der Waals surface area contributed by atoms with E-state index in [1.807, 2.05) is 30.3 Å². The first-order valence-corrected chi connectivity index (χ1v) is 7.27. The number of tetrazole rings is 1. The van der Waals surface area contributed by atoms with Crippen LogP contribution >= 0.6 is 0 Å². The Hall–Kier alpha value is -2.48. The SMILES string of the molecule is O=C(O)CCN1CCN(c2nnnn2-c2ccccc2)CC1. The van der Waals surface area contributed by atoms with E-state index in [1.165, 1.54) is 0 Å². The summed E-state index contributed by atoms with van der Waals surface area (Å²) in [4.78, 5) is 14.9. The van der Waals surface area contributed by atoms with E-state index in [2.05, 4.69) is 25.3 Å². The Morgan fingerprint density at radius 2 is 1.86 bits per heavy atom. The quantitative estimate of drug-likeness (QED) is 0.847. The number of aromatic nitrogens is 4. The lowest BCUT2D eigenvalue weighted by atomic mass is 10.3. The van der Waals surface area contributed by atoms with Gasteiger partial charge in [-0.05, 0) is 22.6 Å². The summed E-state index contributed by atoms with van der Waals surface area (Å²) in [7, 11) is 0. The van der Waals surface area contributed by atoms with Crippen LogP contribution in [0.25, 0.3) is 5.69 Å². The highest BCUT2D eigenvalue weighted by molar-refractivity contribution is 5.66. The third kappa shape index (κ3) is 3.22. The number of para-hydroxylation sites is 1. The lowest BCUT2D eigenvalue weighted by Crippen LogP contribution is -2.47. The topological polar surface area (TPSA) is 87.4 Å². The smallest absolute Gasteiger partial charge is 0.304 e. The van der Waals surface area contributed by atoms with E-state index in [0.717, 1.165) is 37.8 Å².